The number of thiazole rings is 1. The number of anilines is 1. The molecule has 0 fully saturated rings. The highest BCUT2D eigenvalue weighted by Crippen LogP contribution is 2.38. The Morgan fingerprint density at radius 2 is 2.04 bits per heavy atom. The van der Waals surface area contributed by atoms with Gasteiger partial charge in [-0.3, -0.25) is 10.1 Å². The van der Waals surface area contributed by atoms with Crippen LogP contribution in [0.25, 0.3) is 10.2 Å². The smallest absolute Gasteiger partial charge is 0.257 e. The largest absolute Gasteiger partial charge is 0.489 e. The molecule has 2 heterocycles. The molecule has 7 heteroatoms. The van der Waals surface area contributed by atoms with Crippen molar-refractivity contribution in [1.82, 2.24) is 4.98 Å². The molecule has 0 saturated carbocycles. The molecule has 0 saturated heterocycles. The maximum atomic E-state index is 12.5. The van der Waals surface area contributed by atoms with Crippen molar-refractivity contribution in [3.63, 3.8) is 0 Å². The monoisotopic (exact) mass is 360 g/mol. The molecule has 1 aromatic heterocycles. The van der Waals surface area contributed by atoms with Gasteiger partial charge in [-0.2, -0.15) is 0 Å². The average molecular weight is 361 g/mol. The van der Waals surface area contributed by atoms with Gasteiger partial charge in [0.2, 0.25) is 0 Å². The Bertz CT molecular complexity index is 892. The van der Waals surface area contributed by atoms with E-state index in [4.69, 9.17) is 21.1 Å². The Kier molecular flexibility index (Phi) is 4.00. The molecule has 4 rings (SSSR count). The summed E-state index contributed by atoms with van der Waals surface area (Å²) >= 11 is 7.66. The number of fused-ring (bicyclic) bond motifs is 2. The molecule has 0 spiro atoms. The van der Waals surface area contributed by atoms with Crippen LogP contribution in [0.1, 0.15) is 16.8 Å². The van der Waals surface area contributed by atoms with Crippen molar-refractivity contribution < 1.29 is 14.3 Å². The number of hydrogen-bond acceptors (Lipinski definition) is 5. The zero-order valence-corrected chi connectivity index (χ0v) is 14.1. The van der Waals surface area contributed by atoms with Crippen LogP contribution in [0.5, 0.6) is 11.5 Å². The topological polar surface area (TPSA) is 60.5 Å². The normalized spacial score (nSPS) is 13.5. The molecule has 122 valence electrons. The first-order valence-electron chi connectivity index (χ1n) is 7.47. The molecule has 1 amide bonds. The minimum atomic E-state index is -0.286. The summed E-state index contributed by atoms with van der Waals surface area (Å²) in [5.41, 5.74) is 1.26. The Labute approximate surface area is 147 Å². The van der Waals surface area contributed by atoms with E-state index in [1.807, 2.05) is 24.3 Å². The van der Waals surface area contributed by atoms with Gasteiger partial charge in [-0.15, -0.1) is 0 Å². The summed E-state index contributed by atoms with van der Waals surface area (Å²) in [5, 5.41) is 3.72. The number of aromatic nitrogens is 1. The predicted octanol–water partition coefficient (Wildman–Crippen LogP) is 4.36. The minimum Gasteiger partial charge on any atom is -0.489 e. The van der Waals surface area contributed by atoms with Gasteiger partial charge in [0, 0.05) is 12.0 Å². The molecule has 1 aliphatic heterocycles. The minimum absolute atomic E-state index is 0.286. The maximum absolute atomic E-state index is 12.5. The number of nitrogens with zero attached hydrogens (tertiary/aromatic N) is 1. The third-order valence-electron chi connectivity index (χ3n) is 3.58. The van der Waals surface area contributed by atoms with E-state index in [9.17, 15) is 4.79 Å². The fraction of sp³-hybridized carbons (Fsp3) is 0.176. The molecule has 0 bridgehead atoms. The number of ether oxygens (including phenoxy) is 2. The molecule has 2 aromatic carbocycles. The van der Waals surface area contributed by atoms with Crippen LogP contribution in [-0.4, -0.2) is 24.1 Å². The second kappa shape index (κ2) is 6.30. The lowest BCUT2D eigenvalue weighted by Crippen LogP contribution is -2.12. The average Bonchev–Trinajstić information content (AvgIpc) is 2.82. The van der Waals surface area contributed by atoms with Crippen LogP contribution in [0, 0.1) is 0 Å². The van der Waals surface area contributed by atoms with E-state index in [0.29, 0.717) is 40.4 Å². The van der Waals surface area contributed by atoms with Crippen molar-refractivity contribution in [1.29, 1.82) is 0 Å². The number of carbonyl (C=O) groups is 1. The first-order chi connectivity index (χ1) is 11.7. The van der Waals surface area contributed by atoms with E-state index in [0.717, 1.165) is 16.6 Å². The van der Waals surface area contributed by atoms with E-state index >= 15 is 0 Å². The SMILES string of the molecule is O=C(Nc1nc2ccccc2s1)c1cc(Cl)c2c(c1)OCCCO2. The molecule has 1 aliphatic rings. The van der Waals surface area contributed by atoms with Crippen molar-refractivity contribution in [3.05, 3.63) is 47.0 Å². The Hall–Kier alpha value is -2.31. The Balaban J connectivity index is 1.62. The van der Waals surface area contributed by atoms with Gasteiger partial charge in [-0.25, -0.2) is 4.98 Å². The molecule has 0 radical (unpaired) electrons. The van der Waals surface area contributed by atoms with E-state index in [1.54, 1.807) is 12.1 Å². The summed E-state index contributed by atoms with van der Waals surface area (Å²) in [5.74, 6) is 0.701. The fourth-order valence-electron chi connectivity index (χ4n) is 2.46. The Morgan fingerprint density at radius 1 is 1.21 bits per heavy atom. The summed E-state index contributed by atoms with van der Waals surface area (Å²) in [6, 6.07) is 11.0. The van der Waals surface area contributed by atoms with Crippen LogP contribution in [0.2, 0.25) is 5.02 Å². The lowest BCUT2D eigenvalue weighted by atomic mass is 10.2. The van der Waals surface area contributed by atoms with Gasteiger partial charge in [-0.05, 0) is 24.3 Å². The van der Waals surface area contributed by atoms with Crippen molar-refractivity contribution in [2.24, 2.45) is 0 Å². The second-order valence-electron chi connectivity index (χ2n) is 5.28. The van der Waals surface area contributed by atoms with E-state index in [1.165, 1.54) is 11.3 Å². The third-order valence-corrected chi connectivity index (χ3v) is 4.81. The van der Waals surface area contributed by atoms with Crippen LogP contribution < -0.4 is 14.8 Å². The summed E-state index contributed by atoms with van der Waals surface area (Å²) < 4.78 is 12.2. The van der Waals surface area contributed by atoms with Crippen LogP contribution in [0.15, 0.2) is 36.4 Å². The molecule has 1 N–H and O–H groups in total. The number of carbonyl (C=O) groups excluding carboxylic acids is 1. The van der Waals surface area contributed by atoms with Gasteiger partial charge in [-0.1, -0.05) is 35.1 Å². The van der Waals surface area contributed by atoms with Crippen LogP contribution in [-0.2, 0) is 0 Å². The van der Waals surface area contributed by atoms with Crippen molar-refractivity contribution in [2.75, 3.05) is 18.5 Å². The fourth-order valence-corrected chi connectivity index (χ4v) is 3.58. The van der Waals surface area contributed by atoms with Crippen molar-refractivity contribution >= 4 is 44.2 Å². The second-order valence-corrected chi connectivity index (χ2v) is 6.71. The number of hydrogen-bond donors (Lipinski definition) is 1. The number of rotatable bonds is 2. The number of amides is 1. The Morgan fingerprint density at radius 3 is 2.92 bits per heavy atom. The number of nitrogens with one attached hydrogen (secondary N) is 1. The quantitative estimate of drug-likeness (QED) is 0.737. The zero-order valence-electron chi connectivity index (χ0n) is 12.5. The molecular formula is C17H13ClN2O3S. The van der Waals surface area contributed by atoms with E-state index < -0.39 is 0 Å². The molecule has 0 unspecified atom stereocenters. The lowest BCUT2D eigenvalue weighted by Gasteiger charge is -2.11. The molecule has 0 atom stereocenters. The number of benzene rings is 2. The van der Waals surface area contributed by atoms with Gasteiger partial charge in [0.05, 0.1) is 28.5 Å². The van der Waals surface area contributed by atoms with Crippen LogP contribution in [0.3, 0.4) is 0 Å². The van der Waals surface area contributed by atoms with Gasteiger partial charge >= 0.3 is 0 Å². The summed E-state index contributed by atoms with van der Waals surface area (Å²) in [7, 11) is 0. The first-order valence-corrected chi connectivity index (χ1v) is 8.66. The lowest BCUT2D eigenvalue weighted by molar-refractivity contribution is 0.102. The van der Waals surface area contributed by atoms with Gasteiger partial charge < -0.3 is 9.47 Å². The van der Waals surface area contributed by atoms with E-state index in [2.05, 4.69) is 10.3 Å². The first kappa shape index (κ1) is 15.2. The summed E-state index contributed by atoms with van der Waals surface area (Å²) in [4.78, 5) is 16.9. The zero-order chi connectivity index (χ0) is 16.5. The summed E-state index contributed by atoms with van der Waals surface area (Å²) in [6.07, 6.45) is 0.776. The third kappa shape index (κ3) is 2.90. The highest BCUT2D eigenvalue weighted by molar-refractivity contribution is 7.22. The summed E-state index contributed by atoms with van der Waals surface area (Å²) in [6.45, 7) is 1.08. The van der Waals surface area contributed by atoms with Crippen molar-refractivity contribution in [3.8, 4) is 11.5 Å². The molecule has 3 aromatic rings. The van der Waals surface area contributed by atoms with Gasteiger partial charge in [0.15, 0.2) is 16.6 Å². The standard InChI is InChI=1S/C17H13ClN2O3S/c18-11-8-10(9-13-15(11)23-7-3-6-22-13)16(21)20-17-19-12-4-1-2-5-14(12)24-17/h1-2,4-5,8-9H,3,6-7H2,(H,19,20,21). The van der Waals surface area contributed by atoms with Crippen molar-refractivity contribution in [2.45, 2.75) is 6.42 Å². The molecular weight excluding hydrogens is 348 g/mol. The highest BCUT2D eigenvalue weighted by Gasteiger charge is 2.19. The highest BCUT2D eigenvalue weighted by atomic mass is 35.5. The molecule has 24 heavy (non-hydrogen) atoms. The van der Waals surface area contributed by atoms with Gasteiger partial charge in [0.25, 0.3) is 5.91 Å². The number of halogens is 1. The van der Waals surface area contributed by atoms with Crippen LogP contribution in [0.4, 0.5) is 5.13 Å². The van der Waals surface area contributed by atoms with Gasteiger partial charge in [0.1, 0.15) is 0 Å². The maximum Gasteiger partial charge on any atom is 0.257 e. The molecule has 5 nitrogen and oxygen atoms in total. The predicted molar refractivity (Wildman–Crippen MR) is 94.6 cm³/mol. The number of para-hydroxylation sites is 1. The van der Waals surface area contributed by atoms with E-state index in [-0.39, 0.29) is 5.91 Å². The van der Waals surface area contributed by atoms with Crippen LogP contribution >= 0.6 is 22.9 Å². The molecule has 0 aliphatic carbocycles.